The van der Waals surface area contributed by atoms with Gasteiger partial charge in [0.15, 0.2) is 0 Å². The maximum Gasteiger partial charge on any atom is 0.257 e. The summed E-state index contributed by atoms with van der Waals surface area (Å²) >= 11 is 6.14. The topological polar surface area (TPSA) is 76.0 Å². The van der Waals surface area contributed by atoms with Gasteiger partial charge in [-0.25, -0.2) is 4.68 Å². The molecule has 1 aromatic heterocycles. The highest BCUT2D eigenvalue weighted by Crippen LogP contribution is 2.25. The van der Waals surface area contributed by atoms with Gasteiger partial charge in [0.2, 0.25) is 0 Å². The lowest BCUT2D eigenvalue weighted by Gasteiger charge is -2.09. The van der Waals surface area contributed by atoms with E-state index in [-0.39, 0.29) is 11.8 Å². The van der Waals surface area contributed by atoms with E-state index in [1.807, 2.05) is 78.9 Å². The number of carbonyl (C=O) groups is 2. The molecule has 0 spiro atoms. The highest BCUT2D eigenvalue weighted by atomic mass is 35.5. The fraction of sp³-hybridized carbons (Fsp3) is 0.0333. The van der Waals surface area contributed by atoms with Crippen molar-refractivity contribution >= 4 is 34.9 Å². The van der Waals surface area contributed by atoms with Gasteiger partial charge in [-0.3, -0.25) is 9.59 Å². The van der Waals surface area contributed by atoms with Gasteiger partial charge in [0.05, 0.1) is 22.8 Å². The average molecular weight is 507 g/mol. The molecule has 0 saturated carbocycles. The van der Waals surface area contributed by atoms with Gasteiger partial charge in [-0.05, 0) is 42.0 Å². The van der Waals surface area contributed by atoms with E-state index in [1.165, 1.54) is 0 Å². The van der Waals surface area contributed by atoms with Gasteiger partial charge in [-0.2, -0.15) is 5.10 Å². The molecular weight excluding hydrogens is 484 g/mol. The monoisotopic (exact) mass is 506 g/mol. The summed E-state index contributed by atoms with van der Waals surface area (Å²) in [4.78, 5) is 25.4. The molecule has 0 aliphatic rings. The second kappa shape index (κ2) is 10.9. The number of amides is 2. The van der Waals surface area contributed by atoms with Crippen LogP contribution in [0, 0.1) is 0 Å². The molecule has 2 N–H and O–H groups in total. The van der Waals surface area contributed by atoms with Crippen LogP contribution in [0.15, 0.2) is 115 Å². The number of hydrogen-bond donors (Lipinski definition) is 2. The third-order valence-corrected chi connectivity index (χ3v) is 6.12. The Morgan fingerprint density at radius 3 is 2.08 bits per heavy atom. The van der Waals surface area contributed by atoms with E-state index in [1.54, 1.807) is 41.1 Å². The number of benzene rings is 4. The summed E-state index contributed by atoms with van der Waals surface area (Å²) in [5, 5.41) is 11.0. The Bertz CT molecular complexity index is 1530. The number of halogens is 1. The highest BCUT2D eigenvalue weighted by molar-refractivity contribution is 6.34. The third-order valence-electron chi connectivity index (χ3n) is 5.79. The maximum atomic E-state index is 12.9. The number of rotatable bonds is 7. The average Bonchev–Trinajstić information content (AvgIpc) is 3.32. The van der Waals surface area contributed by atoms with Crippen LogP contribution >= 0.6 is 11.6 Å². The van der Waals surface area contributed by atoms with Gasteiger partial charge in [0.25, 0.3) is 11.8 Å². The van der Waals surface area contributed by atoms with Crippen LogP contribution in [0.25, 0.3) is 11.3 Å². The quantitative estimate of drug-likeness (QED) is 0.256. The van der Waals surface area contributed by atoms with Gasteiger partial charge in [-0.15, -0.1) is 0 Å². The molecule has 0 saturated heterocycles. The molecule has 5 aromatic rings. The van der Waals surface area contributed by atoms with Crippen molar-refractivity contribution in [3.8, 4) is 11.3 Å². The first-order valence-corrected chi connectivity index (χ1v) is 12.1. The molecule has 0 aliphatic carbocycles. The molecule has 0 aliphatic heterocycles. The molecule has 182 valence electrons. The van der Waals surface area contributed by atoms with Crippen molar-refractivity contribution in [2.45, 2.75) is 6.54 Å². The predicted molar refractivity (Wildman–Crippen MR) is 147 cm³/mol. The normalized spacial score (nSPS) is 10.6. The summed E-state index contributed by atoms with van der Waals surface area (Å²) < 4.78 is 1.78. The molecule has 5 rings (SSSR count). The fourth-order valence-corrected chi connectivity index (χ4v) is 4.10. The molecule has 7 heteroatoms. The lowest BCUT2D eigenvalue weighted by Crippen LogP contribution is -2.16. The van der Waals surface area contributed by atoms with E-state index in [0.717, 1.165) is 11.1 Å². The van der Waals surface area contributed by atoms with Gasteiger partial charge < -0.3 is 10.6 Å². The predicted octanol–water partition coefficient (Wildman–Crippen LogP) is 6.76. The standard InChI is InChI=1S/C30H23ClN4O2/c31-26-14-8-7-13-25(26)30(37)32-24-17-15-22(16-18-24)27-19-28(33-29(36)23-11-5-2-6-12-23)35(34-27)20-21-9-3-1-4-10-21/h1-19H,20H2,(H,32,37)(H,33,36). The fourth-order valence-electron chi connectivity index (χ4n) is 3.88. The molecule has 0 fully saturated rings. The van der Waals surface area contributed by atoms with E-state index in [9.17, 15) is 9.59 Å². The summed E-state index contributed by atoms with van der Waals surface area (Å²) in [6, 6.07) is 35.1. The van der Waals surface area contributed by atoms with E-state index >= 15 is 0 Å². The highest BCUT2D eigenvalue weighted by Gasteiger charge is 2.15. The Balaban J connectivity index is 1.39. The van der Waals surface area contributed by atoms with Crippen LogP contribution in [0.2, 0.25) is 5.02 Å². The van der Waals surface area contributed by atoms with E-state index in [2.05, 4.69) is 10.6 Å². The molecule has 6 nitrogen and oxygen atoms in total. The molecule has 37 heavy (non-hydrogen) atoms. The molecule has 0 bridgehead atoms. The van der Waals surface area contributed by atoms with Gasteiger partial charge >= 0.3 is 0 Å². The Morgan fingerprint density at radius 2 is 1.38 bits per heavy atom. The number of aromatic nitrogens is 2. The summed E-state index contributed by atoms with van der Waals surface area (Å²) in [6.07, 6.45) is 0. The minimum atomic E-state index is -0.281. The molecule has 4 aromatic carbocycles. The molecule has 2 amide bonds. The van der Waals surface area contributed by atoms with Crippen LogP contribution in [0.4, 0.5) is 11.5 Å². The Hall–Kier alpha value is -4.68. The zero-order valence-electron chi connectivity index (χ0n) is 19.8. The maximum absolute atomic E-state index is 12.9. The molecule has 0 unspecified atom stereocenters. The number of nitrogens with zero attached hydrogens (tertiary/aromatic N) is 2. The second-order valence-electron chi connectivity index (χ2n) is 8.39. The van der Waals surface area contributed by atoms with Crippen molar-refractivity contribution in [1.82, 2.24) is 9.78 Å². The van der Waals surface area contributed by atoms with Crippen molar-refractivity contribution < 1.29 is 9.59 Å². The van der Waals surface area contributed by atoms with E-state index < -0.39 is 0 Å². The lowest BCUT2D eigenvalue weighted by atomic mass is 10.1. The van der Waals surface area contributed by atoms with Crippen molar-refractivity contribution in [3.05, 3.63) is 137 Å². The van der Waals surface area contributed by atoms with Crippen LogP contribution < -0.4 is 10.6 Å². The lowest BCUT2D eigenvalue weighted by molar-refractivity contribution is 0.101. The first kappa shape index (κ1) is 24.0. The Labute approximate surface area is 219 Å². The van der Waals surface area contributed by atoms with Gasteiger partial charge in [0, 0.05) is 22.9 Å². The molecular formula is C30H23ClN4O2. The third kappa shape index (κ3) is 5.77. The zero-order valence-corrected chi connectivity index (χ0v) is 20.5. The van der Waals surface area contributed by atoms with Gasteiger partial charge in [-0.1, -0.05) is 84.4 Å². The SMILES string of the molecule is O=C(Nc1cc(-c2ccc(NC(=O)c3ccccc3Cl)cc2)nn1Cc1ccccc1)c1ccccc1. The summed E-state index contributed by atoms with van der Waals surface area (Å²) in [5.41, 5.74) is 4.21. The number of hydrogen-bond acceptors (Lipinski definition) is 3. The smallest absolute Gasteiger partial charge is 0.257 e. The number of anilines is 2. The summed E-state index contributed by atoms with van der Waals surface area (Å²) in [5.74, 6) is 0.0965. The Kier molecular flexibility index (Phi) is 7.10. The second-order valence-corrected chi connectivity index (χ2v) is 8.80. The molecule has 0 radical (unpaired) electrons. The van der Waals surface area contributed by atoms with Crippen LogP contribution in [-0.4, -0.2) is 21.6 Å². The minimum Gasteiger partial charge on any atom is -0.322 e. The van der Waals surface area contributed by atoms with Crippen molar-refractivity contribution in [2.24, 2.45) is 0 Å². The van der Waals surface area contributed by atoms with Crippen LogP contribution in [-0.2, 0) is 6.54 Å². The zero-order chi connectivity index (χ0) is 25.6. The van der Waals surface area contributed by atoms with Crippen LogP contribution in [0.3, 0.4) is 0 Å². The summed E-state index contributed by atoms with van der Waals surface area (Å²) in [7, 11) is 0. The van der Waals surface area contributed by atoms with Crippen molar-refractivity contribution in [2.75, 3.05) is 10.6 Å². The first-order chi connectivity index (χ1) is 18.1. The Morgan fingerprint density at radius 1 is 0.730 bits per heavy atom. The van der Waals surface area contributed by atoms with E-state index in [0.29, 0.717) is 39.9 Å². The van der Waals surface area contributed by atoms with E-state index in [4.69, 9.17) is 16.7 Å². The van der Waals surface area contributed by atoms with Crippen LogP contribution in [0.1, 0.15) is 26.3 Å². The largest absolute Gasteiger partial charge is 0.322 e. The minimum absolute atomic E-state index is 0.209. The number of nitrogens with one attached hydrogen (secondary N) is 2. The molecule has 0 atom stereocenters. The molecule has 1 heterocycles. The first-order valence-electron chi connectivity index (χ1n) is 11.7. The van der Waals surface area contributed by atoms with Gasteiger partial charge in [0.1, 0.15) is 5.82 Å². The summed E-state index contributed by atoms with van der Waals surface area (Å²) in [6.45, 7) is 0.497. The van der Waals surface area contributed by atoms with Crippen molar-refractivity contribution in [1.29, 1.82) is 0 Å². The number of carbonyl (C=O) groups excluding carboxylic acids is 2. The van der Waals surface area contributed by atoms with Crippen LogP contribution in [0.5, 0.6) is 0 Å². The van der Waals surface area contributed by atoms with Crippen molar-refractivity contribution in [3.63, 3.8) is 0 Å².